The van der Waals surface area contributed by atoms with E-state index >= 15 is 0 Å². The molecule has 90 valence electrons. The van der Waals surface area contributed by atoms with Crippen molar-refractivity contribution in [1.82, 2.24) is 5.32 Å². The van der Waals surface area contributed by atoms with Crippen molar-refractivity contribution in [2.45, 2.75) is 6.92 Å². The quantitative estimate of drug-likeness (QED) is 0.617. The van der Waals surface area contributed by atoms with Crippen molar-refractivity contribution in [2.75, 3.05) is 11.9 Å². The van der Waals surface area contributed by atoms with Crippen LogP contribution in [0.5, 0.6) is 0 Å². The van der Waals surface area contributed by atoms with Gasteiger partial charge in [0, 0.05) is 11.8 Å². The van der Waals surface area contributed by atoms with Crippen LogP contribution in [0.15, 0.2) is 42.7 Å². The molecule has 0 radical (unpaired) electrons. The first kappa shape index (κ1) is 12.8. The van der Waals surface area contributed by atoms with Crippen molar-refractivity contribution in [3.63, 3.8) is 0 Å². The van der Waals surface area contributed by atoms with Crippen LogP contribution < -0.4 is 10.6 Å². The number of rotatable bonds is 4. The van der Waals surface area contributed by atoms with E-state index in [0.29, 0.717) is 12.3 Å². The third-order valence-electron chi connectivity index (χ3n) is 1.75. The second kappa shape index (κ2) is 7.05. The lowest BCUT2D eigenvalue weighted by Crippen LogP contribution is -2.33. The molecule has 5 nitrogen and oxygen atoms in total. The van der Waals surface area contributed by atoms with Crippen LogP contribution in [-0.2, 0) is 9.53 Å². The summed E-state index contributed by atoms with van der Waals surface area (Å²) in [5.41, 5.74) is 0.617. The second-order valence-electron chi connectivity index (χ2n) is 3.07. The first-order valence-electron chi connectivity index (χ1n) is 5.17. The Kier molecular flexibility index (Phi) is 5.30. The number of urea groups is 1. The van der Waals surface area contributed by atoms with Crippen LogP contribution in [0.1, 0.15) is 6.92 Å². The van der Waals surface area contributed by atoms with Gasteiger partial charge in [-0.05, 0) is 19.1 Å². The first-order chi connectivity index (χ1) is 8.22. The van der Waals surface area contributed by atoms with Gasteiger partial charge in [-0.3, -0.25) is 10.1 Å². The number of nitrogens with one attached hydrogen (secondary N) is 2. The van der Waals surface area contributed by atoms with E-state index in [0.717, 1.165) is 6.08 Å². The molecule has 0 saturated heterocycles. The molecule has 0 unspecified atom stereocenters. The number of para-hydroxylation sites is 1. The number of amides is 3. The van der Waals surface area contributed by atoms with Crippen LogP contribution in [0.4, 0.5) is 10.5 Å². The molecule has 1 rings (SSSR count). The van der Waals surface area contributed by atoms with Gasteiger partial charge in [-0.1, -0.05) is 18.2 Å². The Morgan fingerprint density at radius 3 is 2.65 bits per heavy atom. The lowest BCUT2D eigenvalue weighted by atomic mass is 10.3. The predicted octanol–water partition coefficient (Wildman–Crippen LogP) is 1.88. The van der Waals surface area contributed by atoms with Crippen LogP contribution in [0.2, 0.25) is 0 Å². The van der Waals surface area contributed by atoms with Gasteiger partial charge in [0.2, 0.25) is 0 Å². The molecular weight excluding hydrogens is 220 g/mol. The van der Waals surface area contributed by atoms with E-state index in [1.807, 2.05) is 6.07 Å². The minimum atomic E-state index is -0.581. The number of hydrogen-bond acceptors (Lipinski definition) is 3. The maximum absolute atomic E-state index is 11.3. The van der Waals surface area contributed by atoms with Crippen molar-refractivity contribution in [1.29, 1.82) is 0 Å². The summed E-state index contributed by atoms with van der Waals surface area (Å²) in [6.45, 7) is 2.27. The molecule has 3 amide bonds. The van der Waals surface area contributed by atoms with E-state index in [1.54, 1.807) is 31.2 Å². The lowest BCUT2D eigenvalue weighted by Gasteiger charge is -2.04. The maximum Gasteiger partial charge on any atom is 0.326 e. The molecule has 1 aromatic carbocycles. The fourth-order valence-electron chi connectivity index (χ4n) is 1.04. The second-order valence-corrected chi connectivity index (χ2v) is 3.07. The highest BCUT2D eigenvalue weighted by atomic mass is 16.5. The summed E-state index contributed by atoms with van der Waals surface area (Å²) in [5, 5.41) is 4.65. The molecule has 0 aromatic heterocycles. The summed E-state index contributed by atoms with van der Waals surface area (Å²) in [6.07, 6.45) is 2.39. The summed E-state index contributed by atoms with van der Waals surface area (Å²) in [6, 6.07) is 8.26. The average Bonchev–Trinajstić information content (AvgIpc) is 2.30. The number of benzene rings is 1. The smallest absolute Gasteiger partial charge is 0.326 e. The summed E-state index contributed by atoms with van der Waals surface area (Å²) >= 11 is 0. The highest BCUT2D eigenvalue weighted by Crippen LogP contribution is 2.03. The van der Waals surface area contributed by atoms with E-state index < -0.39 is 11.9 Å². The Balaban J connectivity index is 2.37. The monoisotopic (exact) mass is 234 g/mol. The number of carbonyl (C=O) groups is 2. The van der Waals surface area contributed by atoms with Gasteiger partial charge >= 0.3 is 6.03 Å². The number of ether oxygens (including phenoxy) is 1. The van der Waals surface area contributed by atoms with E-state index in [4.69, 9.17) is 4.74 Å². The van der Waals surface area contributed by atoms with E-state index in [9.17, 15) is 9.59 Å². The zero-order chi connectivity index (χ0) is 12.5. The Bertz CT molecular complexity index is 401. The zero-order valence-electron chi connectivity index (χ0n) is 9.47. The van der Waals surface area contributed by atoms with Gasteiger partial charge in [-0.2, -0.15) is 0 Å². The van der Waals surface area contributed by atoms with Crippen molar-refractivity contribution in [3.05, 3.63) is 42.7 Å². The van der Waals surface area contributed by atoms with Gasteiger partial charge in [-0.25, -0.2) is 4.79 Å². The third kappa shape index (κ3) is 5.36. The molecule has 0 heterocycles. The summed E-state index contributed by atoms with van der Waals surface area (Å²) in [4.78, 5) is 22.5. The standard InChI is InChI=1S/C12H14N2O3/c1-2-17-9-8-11(15)14-12(16)13-10-6-4-3-5-7-10/h3-9H,2H2,1H3,(H2,13,14,15,16)/b9-8+. The molecule has 0 bridgehead atoms. The Hall–Kier alpha value is -2.30. The van der Waals surface area contributed by atoms with Crippen molar-refractivity contribution >= 4 is 17.6 Å². The molecule has 0 fully saturated rings. The van der Waals surface area contributed by atoms with Gasteiger partial charge in [0.25, 0.3) is 5.91 Å². The van der Waals surface area contributed by atoms with E-state index in [-0.39, 0.29) is 0 Å². The molecule has 0 aliphatic heterocycles. The van der Waals surface area contributed by atoms with Crippen LogP contribution in [0, 0.1) is 0 Å². The van der Waals surface area contributed by atoms with Crippen molar-refractivity contribution in [2.24, 2.45) is 0 Å². The fourth-order valence-corrected chi connectivity index (χ4v) is 1.04. The van der Waals surface area contributed by atoms with Crippen LogP contribution >= 0.6 is 0 Å². The normalized spacial score (nSPS) is 9.94. The Morgan fingerprint density at radius 2 is 2.00 bits per heavy atom. The number of anilines is 1. The van der Waals surface area contributed by atoms with Crippen molar-refractivity contribution in [3.8, 4) is 0 Å². The molecule has 17 heavy (non-hydrogen) atoms. The minimum absolute atomic E-state index is 0.472. The van der Waals surface area contributed by atoms with Gasteiger partial charge in [0.05, 0.1) is 12.9 Å². The Labute approximate surface area is 99.5 Å². The molecular formula is C12H14N2O3. The van der Waals surface area contributed by atoms with Gasteiger partial charge in [-0.15, -0.1) is 0 Å². The predicted molar refractivity (Wildman–Crippen MR) is 64.4 cm³/mol. The van der Waals surface area contributed by atoms with Crippen LogP contribution in [-0.4, -0.2) is 18.5 Å². The molecule has 0 saturated carbocycles. The molecule has 0 aliphatic carbocycles. The molecule has 2 N–H and O–H groups in total. The highest BCUT2D eigenvalue weighted by molar-refractivity contribution is 6.04. The zero-order valence-corrected chi connectivity index (χ0v) is 9.47. The number of imide groups is 1. The number of carbonyl (C=O) groups excluding carboxylic acids is 2. The van der Waals surface area contributed by atoms with Crippen molar-refractivity contribution < 1.29 is 14.3 Å². The highest BCUT2D eigenvalue weighted by Gasteiger charge is 2.04. The SMILES string of the molecule is CCO/C=C/C(=O)NC(=O)Nc1ccccc1. The fraction of sp³-hybridized carbons (Fsp3) is 0.167. The topological polar surface area (TPSA) is 67.4 Å². The minimum Gasteiger partial charge on any atom is -0.501 e. The van der Waals surface area contributed by atoms with Crippen LogP contribution in [0.3, 0.4) is 0 Å². The average molecular weight is 234 g/mol. The van der Waals surface area contributed by atoms with E-state index in [2.05, 4.69) is 10.6 Å². The first-order valence-corrected chi connectivity index (χ1v) is 5.17. The third-order valence-corrected chi connectivity index (χ3v) is 1.75. The summed E-state index contributed by atoms with van der Waals surface area (Å²) < 4.78 is 4.83. The van der Waals surface area contributed by atoms with Gasteiger partial charge in [0.1, 0.15) is 0 Å². The molecule has 5 heteroatoms. The molecule has 1 aromatic rings. The van der Waals surface area contributed by atoms with Crippen LogP contribution in [0.25, 0.3) is 0 Å². The van der Waals surface area contributed by atoms with Gasteiger partial charge < -0.3 is 10.1 Å². The largest absolute Gasteiger partial charge is 0.501 e. The molecule has 0 spiro atoms. The Morgan fingerprint density at radius 1 is 1.29 bits per heavy atom. The maximum atomic E-state index is 11.3. The molecule has 0 atom stereocenters. The summed E-state index contributed by atoms with van der Waals surface area (Å²) in [5.74, 6) is -0.535. The van der Waals surface area contributed by atoms with Gasteiger partial charge in [0.15, 0.2) is 0 Å². The van der Waals surface area contributed by atoms with E-state index in [1.165, 1.54) is 6.26 Å². The molecule has 0 aliphatic rings. The summed E-state index contributed by atoms with van der Waals surface area (Å²) in [7, 11) is 0. The lowest BCUT2D eigenvalue weighted by molar-refractivity contribution is -0.115. The number of hydrogen-bond donors (Lipinski definition) is 2.